The van der Waals surface area contributed by atoms with Gasteiger partial charge in [-0.2, -0.15) is 0 Å². The van der Waals surface area contributed by atoms with Crippen LogP contribution in [0.3, 0.4) is 0 Å². The number of carbonyl (C=O) groups excluding carboxylic acids is 1. The Morgan fingerprint density at radius 2 is 2.11 bits per heavy atom. The normalized spacial score (nSPS) is 17.4. The van der Waals surface area contributed by atoms with E-state index in [1.54, 1.807) is 11.8 Å². The van der Waals surface area contributed by atoms with E-state index in [0.29, 0.717) is 6.54 Å². The Labute approximate surface area is 118 Å². The topological polar surface area (TPSA) is 52.6 Å². The smallest absolute Gasteiger partial charge is 0.238 e. The van der Waals surface area contributed by atoms with Crippen molar-refractivity contribution in [1.82, 2.24) is 4.90 Å². The number of benzene rings is 1. The predicted octanol–water partition coefficient (Wildman–Crippen LogP) is 1.80. The summed E-state index contributed by atoms with van der Waals surface area (Å²) >= 11 is 1.62. The van der Waals surface area contributed by atoms with Gasteiger partial charge in [-0.05, 0) is 31.2 Å². The van der Waals surface area contributed by atoms with Gasteiger partial charge in [0.1, 0.15) is 0 Å². The molecule has 4 nitrogen and oxygen atoms in total. The van der Waals surface area contributed by atoms with Crippen molar-refractivity contribution in [2.75, 3.05) is 31.2 Å². The Kier molecular flexibility index (Phi) is 5.24. The molecule has 1 amide bonds. The first-order valence-electron chi connectivity index (χ1n) is 6.52. The molecule has 104 valence electrons. The molecule has 1 fully saturated rings. The molecule has 5 heteroatoms. The van der Waals surface area contributed by atoms with Crippen LogP contribution in [-0.2, 0) is 4.79 Å². The van der Waals surface area contributed by atoms with Crippen LogP contribution in [0.5, 0.6) is 0 Å². The van der Waals surface area contributed by atoms with Crippen molar-refractivity contribution in [3.63, 3.8) is 0 Å². The van der Waals surface area contributed by atoms with Gasteiger partial charge in [0.2, 0.25) is 5.91 Å². The number of hydrogen-bond acceptors (Lipinski definition) is 4. The molecule has 1 aliphatic heterocycles. The van der Waals surface area contributed by atoms with E-state index >= 15 is 0 Å². The molecule has 0 radical (unpaired) electrons. The highest BCUT2D eigenvalue weighted by Crippen LogP contribution is 2.24. The van der Waals surface area contributed by atoms with E-state index in [0.717, 1.165) is 36.5 Å². The van der Waals surface area contributed by atoms with Gasteiger partial charge in [0.15, 0.2) is 0 Å². The number of aliphatic hydroxyl groups excluding tert-OH is 1. The quantitative estimate of drug-likeness (QED) is 0.826. The average Bonchev–Trinajstić information content (AvgIpc) is 2.42. The van der Waals surface area contributed by atoms with E-state index in [4.69, 9.17) is 0 Å². The van der Waals surface area contributed by atoms with E-state index in [9.17, 15) is 9.90 Å². The predicted molar refractivity (Wildman–Crippen MR) is 78.5 cm³/mol. The van der Waals surface area contributed by atoms with Gasteiger partial charge in [-0.15, -0.1) is 11.8 Å². The highest BCUT2D eigenvalue weighted by Gasteiger charge is 2.19. The lowest BCUT2D eigenvalue weighted by Gasteiger charge is -2.28. The van der Waals surface area contributed by atoms with Gasteiger partial charge in [0.05, 0.1) is 18.3 Å². The summed E-state index contributed by atoms with van der Waals surface area (Å²) in [7, 11) is 0. The largest absolute Gasteiger partial charge is 0.393 e. The maximum Gasteiger partial charge on any atom is 0.238 e. The van der Waals surface area contributed by atoms with Gasteiger partial charge in [0, 0.05) is 18.0 Å². The number of piperidine rings is 1. The van der Waals surface area contributed by atoms with Crippen molar-refractivity contribution >= 4 is 23.4 Å². The second-order valence-electron chi connectivity index (χ2n) is 4.76. The number of nitrogens with zero attached hydrogens (tertiary/aromatic N) is 1. The molecule has 1 aromatic rings. The van der Waals surface area contributed by atoms with Gasteiger partial charge in [-0.25, -0.2) is 0 Å². The molecule has 0 spiro atoms. The third-order valence-corrected chi connectivity index (χ3v) is 4.10. The fourth-order valence-corrected chi connectivity index (χ4v) is 2.77. The van der Waals surface area contributed by atoms with E-state index in [2.05, 4.69) is 10.2 Å². The van der Waals surface area contributed by atoms with Crippen LogP contribution in [0, 0.1) is 0 Å². The minimum absolute atomic E-state index is 0.0119. The van der Waals surface area contributed by atoms with E-state index < -0.39 is 0 Å². The van der Waals surface area contributed by atoms with Crippen LogP contribution >= 0.6 is 11.8 Å². The molecule has 1 saturated heterocycles. The maximum atomic E-state index is 12.0. The summed E-state index contributed by atoms with van der Waals surface area (Å²) in [5.41, 5.74) is 0.872. The highest BCUT2D eigenvalue weighted by molar-refractivity contribution is 7.98. The summed E-state index contributed by atoms with van der Waals surface area (Å²) in [6.45, 7) is 1.98. The Bertz CT molecular complexity index is 431. The molecule has 2 N–H and O–H groups in total. The SMILES string of the molecule is CSc1ccccc1NC(=O)CN1CCC(O)CC1. The first-order valence-corrected chi connectivity index (χ1v) is 7.75. The second kappa shape index (κ2) is 6.93. The first kappa shape index (κ1) is 14.4. The van der Waals surface area contributed by atoms with Crippen LogP contribution in [0.25, 0.3) is 0 Å². The summed E-state index contributed by atoms with van der Waals surface area (Å²) < 4.78 is 0. The molecule has 0 saturated carbocycles. The molecule has 1 aliphatic rings. The molecular formula is C14H20N2O2S. The Hall–Kier alpha value is -1.04. The van der Waals surface area contributed by atoms with Crippen LogP contribution < -0.4 is 5.32 Å². The zero-order valence-electron chi connectivity index (χ0n) is 11.1. The summed E-state index contributed by atoms with van der Waals surface area (Å²) in [5.74, 6) is 0.0119. The van der Waals surface area contributed by atoms with Crippen LogP contribution in [-0.4, -0.2) is 47.9 Å². The number of aliphatic hydroxyl groups is 1. The van der Waals surface area contributed by atoms with Gasteiger partial charge >= 0.3 is 0 Å². The minimum atomic E-state index is -0.198. The van der Waals surface area contributed by atoms with Crippen LogP contribution in [0.2, 0.25) is 0 Å². The highest BCUT2D eigenvalue weighted by atomic mass is 32.2. The molecule has 1 heterocycles. The van der Waals surface area contributed by atoms with Crippen molar-refractivity contribution in [3.8, 4) is 0 Å². The number of likely N-dealkylation sites (tertiary alicyclic amines) is 1. The second-order valence-corrected chi connectivity index (χ2v) is 5.60. The van der Waals surface area contributed by atoms with Crippen molar-refractivity contribution in [2.45, 2.75) is 23.8 Å². The van der Waals surface area contributed by atoms with Crippen molar-refractivity contribution in [3.05, 3.63) is 24.3 Å². The molecule has 0 aromatic heterocycles. The fraction of sp³-hybridized carbons (Fsp3) is 0.500. The summed E-state index contributed by atoms with van der Waals surface area (Å²) in [6, 6.07) is 7.81. The molecule has 0 unspecified atom stereocenters. The van der Waals surface area contributed by atoms with Gasteiger partial charge in [-0.3, -0.25) is 9.69 Å². The third-order valence-electron chi connectivity index (χ3n) is 3.31. The first-order chi connectivity index (χ1) is 9.19. The molecule has 0 aliphatic carbocycles. The standard InChI is InChI=1S/C14H20N2O2S/c1-19-13-5-3-2-4-12(13)15-14(18)10-16-8-6-11(17)7-9-16/h2-5,11,17H,6-10H2,1H3,(H,15,18). The average molecular weight is 280 g/mol. The minimum Gasteiger partial charge on any atom is -0.393 e. The number of nitrogens with one attached hydrogen (secondary N) is 1. The number of anilines is 1. The number of thioether (sulfide) groups is 1. The maximum absolute atomic E-state index is 12.0. The molecule has 1 aromatic carbocycles. The molecule has 2 rings (SSSR count). The lowest BCUT2D eigenvalue weighted by molar-refractivity contribution is -0.117. The van der Waals surface area contributed by atoms with Gasteiger partial charge in [-0.1, -0.05) is 12.1 Å². The van der Waals surface area contributed by atoms with Crippen molar-refractivity contribution in [1.29, 1.82) is 0 Å². The van der Waals surface area contributed by atoms with Crippen molar-refractivity contribution < 1.29 is 9.90 Å². The van der Waals surface area contributed by atoms with E-state index in [-0.39, 0.29) is 12.0 Å². The molecular weight excluding hydrogens is 260 g/mol. The lowest BCUT2D eigenvalue weighted by atomic mass is 10.1. The lowest BCUT2D eigenvalue weighted by Crippen LogP contribution is -2.40. The number of hydrogen-bond donors (Lipinski definition) is 2. The Morgan fingerprint density at radius 1 is 1.42 bits per heavy atom. The van der Waals surface area contributed by atoms with Crippen LogP contribution in [0.4, 0.5) is 5.69 Å². The van der Waals surface area contributed by atoms with Crippen LogP contribution in [0.15, 0.2) is 29.2 Å². The van der Waals surface area contributed by atoms with E-state index in [1.807, 2.05) is 30.5 Å². The Balaban J connectivity index is 1.87. The third kappa shape index (κ3) is 4.23. The number of carbonyl (C=O) groups is 1. The van der Waals surface area contributed by atoms with Crippen LogP contribution in [0.1, 0.15) is 12.8 Å². The monoisotopic (exact) mass is 280 g/mol. The van der Waals surface area contributed by atoms with Gasteiger partial charge < -0.3 is 10.4 Å². The van der Waals surface area contributed by atoms with Gasteiger partial charge in [0.25, 0.3) is 0 Å². The number of amides is 1. The summed E-state index contributed by atoms with van der Waals surface area (Å²) in [4.78, 5) is 15.2. The molecule has 0 bridgehead atoms. The van der Waals surface area contributed by atoms with E-state index in [1.165, 1.54) is 0 Å². The fourth-order valence-electron chi connectivity index (χ4n) is 2.22. The van der Waals surface area contributed by atoms with Crippen molar-refractivity contribution in [2.24, 2.45) is 0 Å². The molecule has 0 atom stereocenters. The zero-order chi connectivity index (χ0) is 13.7. The number of rotatable bonds is 4. The Morgan fingerprint density at radius 3 is 2.79 bits per heavy atom. The number of para-hydroxylation sites is 1. The summed E-state index contributed by atoms with van der Waals surface area (Å²) in [5, 5.41) is 12.4. The summed E-state index contributed by atoms with van der Waals surface area (Å²) in [6.07, 6.45) is 3.32. The molecule has 19 heavy (non-hydrogen) atoms. The zero-order valence-corrected chi connectivity index (χ0v) is 11.9.